The second-order valence-electron chi connectivity index (χ2n) is 5.91. The van der Waals surface area contributed by atoms with Gasteiger partial charge in [-0.3, -0.25) is 4.79 Å². The Hall–Kier alpha value is -3.67. The predicted molar refractivity (Wildman–Crippen MR) is 98.8 cm³/mol. The summed E-state index contributed by atoms with van der Waals surface area (Å²) in [6.45, 7) is -0.381. The van der Waals surface area contributed by atoms with Crippen molar-refractivity contribution in [1.82, 2.24) is 10.6 Å². The van der Waals surface area contributed by atoms with Crippen LogP contribution in [0.1, 0.15) is 11.1 Å². The molecule has 0 aliphatic rings. The number of carbonyl (C=O) groups excluding carboxylic acids is 2. The first kappa shape index (κ1) is 21.6. The molecule has 0 aliphatic heterocycles. The summed E-state index contributed by atoms with van der Waals surface area (Å²) < 4.78 is 38.3. The highest BCUT2D eigenvalue weighted by molar-refractivity contribution is 5.86. The predicted octanol–water partition coefficient (Wildman–Crippen LogP) is 2.45. The number of hydrogen-bond donors (Lipinski definition) is 2. The molecule has 0 unspecified atom stereocenters. The molecule has 152 valence electrons. The van der Waals surface area contributed by atoms with Gasteiger partial charge >= 0.3 is 6.09 Å². The summed E-state index contributed by atoms with van der Waals surface area (Å²) in [6.07, 6.45) is -1.43. The second kappa shape index (κ2) is 10.6. The van der Waals surface area contributed by atoms with E-state index in [0.717, 1.165) is 17.7 Å². The minimum Gasteiger partial charge on any atom is -0.497 e. The van der Waals surface area contributed by atoms with Gasteiger partial charge in [0.15, 0.2) is 0 Å². The lowest BCUT2D eigenvalue weighted by Gasteiger charge is -2.18. The van der Waals surface area contributed by atoms with Crippen LogP contribution < -0.4 is 15.4 Å². The van der Waals surface area contributed by atoms with Crippen molar-refractivity contribution in [3.8, 4) is 11.8 Å². The van der Waals surface area contributed by atoms with Crippen LogP contribution in [0.25, 0.3) is 0 Å². The number of nitrogens with one attached hydrogen (secondary N) is 2. The number of methoxy groups -OCH3 is 1. The number of ether oxygens (including phenoxy) is 2. The molecule has 7 nitrogen and oxygen atoms in total. The third-order valence-corrected chi connectivity index (χ3v) is 3.92. The molecular weight excluding hydrogens is 384 g/mol. The summed E-state index contributed by atoms with van der Waals surface area (Å²) in [4.78, 5) is 24.3. The Morgan fingerprint density at radius 3 is 2.41 bits per heavy atom. The molecule has 0 saturated carbocycles. The summed E-state index contributed by atoms with van der Waals surface area (Å²) >= 11 is 0. The second-order valence-corrected chi connectivity index (χ2v) is 5.91. The molecule has 2 rings (SSSR count). The van der Waals surface area contributed by atoms with Crippen molar-refractivity contribution in [2.45, 2.75) is 19.1 Å². The third kappa shape index (κ3) is 6.46. The largest absolute Gasteiger partial charge is 0.497 e. The smallest absolute Gasteiger partial charge is 0.408 e. The van der Waals surface area contributed by atoms with E-state index in [0.29, 0.717) is 0 Å². The van der Waals surface area contributed by atoms with Crippen LogP contribution in [0.2, 0.25) is 0 Å². The number of amides is 2. The minimum atomic E-state index is -1.36. The van der Waals surface area contributed by atoms with E-state index in [1.165, 1.54) is 7.11 Å². The highest BCUT2D eigenvalue weighted by Gasteiger charge is 2.25. The first-order valence-corrected chi connectivity index (χ1v) is 8.58. The standard InChI is InChI=1S/C20H19F2N3O4/c1-28-14-9-16(21)15(17(22)10-14)11-18(19(26)24-8-7-23)25-20(27)29-12-13-5-3-2-4-6-13/h2-6,9-10,18H,8,11-12H2,1H3,(H,24,26)(H,25,27)/t18-/m0/s1. The van der Waals surface area contributed by atoms with Gasteiger partial charge in [-0.2, -0.15) is 5.26 Å². The van der Waals surface area contributed by atoms with Gasteiger partial charge in [-0.25, -0.2) is 13.6 Å². The Balaban J connectivity index is 2.11. The molecule has 2 aromatic carbocycles. The van der Waals surface area contributed by atoms with E-state index in [4.69, 9.17) is 14.7 Å². The van der Waals surface area contributed by atoms with Crippen molar-refractivity contribution in [2.24, 2.45) is 0 Å². The molecule has 0 heterocycles. The number of benzene rings is 2. The molecule has 0 spiro atoms. The van der Waals surface area contributed by atoms with Gasteiger partial charge in [-0.15, -0.1) is 0 Å². The van der Waals surface area contributed by atoms with E-state index < -0.39 is 41.7 Å². The maximum atomic E-state index is 14.2. The highest BCUT2D eigenvalue weighted by atomic mass is 19.1. The van der Waals surface area contributed by atoms with Gasteiger partial charge in [0.25, 0.3) is 0 Å². The molecule has 9 heteroatoms. The van der Waals surface area contributed by atoms with Gasteiger partial charge in [-0.1, -0.05) is 30.3 Å². The van der Waals surface area contributed by atoms with Crippen molar-refractivity contribution >= 4 is 12.0 Å². The van der Waals surface area contributed by atoms with Crippen molar-refractivity contribution in [1.29, 1.82) is 5.26 Å². The van der Waals surface area contributed by atoms with E-state index in [2.05, 4.69) is 10.6 Å². The molecule has 0 fully saturated rings. The lowest BCUT2D eigenvalue weighted by molar-refractivity contribution is -0.122. The Morgan fingerprint density at radius 1 is 1.17 bits per heavy atom. The van der Waals surface area contributed by atoms with Crippen LogP contribution in [0.15, 0.2) is 42.5 Å². The molecule has 0 aliphatic carbocycles. The van der Waals surface area contributed by atoms with Crippen LogP contribution in [0.5, 0.6) is 5.75 Å². The van der Waals surface area contributed by atoms with Crippen LogP contribution in [0.3, 0.4) is 0 Å². The lowest BCUT2D eigenvalue weighted by atomic mass is 10.0. The van der Waals surface area contributed by atoms with Gasteiger partial charge in [0.05, 0.1) is 13.2 Å². The molecule has 0 aromatic heterocycles. The summed E-state index contributed by atoms with van der Waals surface area (Å²) in [5, 5.41) is 13.1. The van der Waals surface area contributed by atoms with E-state index in [1.807, 2.05) is 0 Å². The fourth-order valence-corrected chi connectivity index (χ4v) is 2.46. The molecule has 2 amide bonds. The zero-order valence-electron chi connectivity index (χ0n) is 15.6. The van der Waals surface area contributed by atoms with Gasteiger partial charge in [0.2, 0.25) is 5.91 Å². The van der Waals surface area contributed by atoms with Crippen LogP contribution in [0.4, 0.5) is 13.6 Å². The van der Waals surface area contributed by atoms with Gasteiger partial charge in [0.1, 0.15) is 36.6 Å². The zero-order chi connectivity index (χ0) is 21.2. The van der Waals surface area contributed by atoms with Crippen molar-refractivity contribution in [3.63, 3.8) is 0 Å². The van der Waals surface area contributed by atoms with Gasteiger partial charge in [0, 0.05) is 24.1 Å². The normalized spacial score (nSPS) is 11.1. The van der Waals surface area contributed by atoms with Crippen molar-refractivity contribution in [2.75, 3.05) is 13.7 Å². The Morgan fingerprint density at radius 2 is 1.83 bits per heavy atom. The van der Waals surface area contributed by atoms with Crippen LogP contribution in [-0.4, -0.2) is 31.7 Å². The average Bonchev–Trinajstić information content (AvgIpc) is 2.72. The first-order valence-electron chi connectivity index (χ1n) is 8.58. The number of halogens is 2. The molecule has 2 N–H and O–H groups in total. The summed E-state index contributed by atoms with van der Waals surface area (Å²) in [7, 11) is 1.26. The zero-order valence-corrected chi connectivity index (χ0v) is 15.6. The topological polar surface area (TPSA) is 100 Å². The monoisotopic (exact) mass is 403 g/mol. The molecule has 0 saturated heterocycles. The van der Waals surface area contributed by atoms with E-state index in [-0.39, 0.29) is 18.9 Å². The Labute approximate surface area is 166 Å². The number of nitrogens with zero attached hydrogens (tertiary/aromatic N) is 1. The number of rotatable bonds is 8. The van der Waals surface area contributed by atoms with E-state index >= 15 is 0 Å². The lowest BCUT2D eigenvalue weighted by Crippen LogP contribution is -2.48. The molecule has 1 atom stereocenters. The average molecular weight is 403 g/mol. The quantitative estimate of drug-likeness (QED) is 0.660. The fourth-order valence-electron chi connectivity index (χ4n) is 2.46. The van der Waals surface area contributed by atoms with E-state index in [1.54, 1.807) is 36.4 Å². The Kier molecular flexibility index (Phi) is 7.91. The fraction of sp³-hybridized carbons (Fsp3) is 0.250. The summed E-state index contributed by atoms with van der Waals surface area (Å²) in [5.41, 5.74) is 0.312. The molecule has 2 aromatic rings. The van der Waals surface area contributed by atoms with E-state index in [9.17, 15) is 18.4 Å². The number of nitriles is 1. The summed E-state index contributed by atoms with van der Waals surface area (Å²) in [5.74, 6) is -2.67. The Bertz CT molecular complexity index is 877. The van der Waals surface area contributed by atoms with Gasteiger partial charge in [-0.05, 0) is 5.56 Å². The maximum absolute atomic E-state index is 14.2. The van der Waals surface area contributed by atoms with Gasteiger partial charge < -0.3 is 20.1 Å². The number of carbonyl (C=O) groups is 2. The van der Waals surface area contributed by atoms with Crippen molar-refractivity contribution in [3.05, 3.63) is 65.2 Å². The summed E-state index contributed by atoms with van der Waals surface area (Å²) in [6, 6.07) is 11.1. The molecule has 0 radical (unpaired) electrons. The SMILES string of the molecule is COc1cc(F)c(C[C@H](NC(=O)OCc2ccccc2)C(=O)NCC#N)c(F)c1. The number of alkyl carbamates (subject to hydrolysis) is 1. The highest BCUT2D eigenvalue weighted by Crippen LogP contribution is 2.21. The first-order chi connectivity index (χ1) is 13.9. The maximum Gasteiger partial charge on any atom is 0.408 e. The number of hydrogen-bond acceptors (Lipinski definition) is 5. The van der Waals surface area contributed by atoms with Crippen molar-refractivity contribution < 1.29 is 27.8 Å². The minimum absolute atomic E-state index is 0.0236. The molecule has 0 bridgehead atoms. The van der Waals surface area contributed by atoms with Crippen LogP contribution in [0, 0.1) is 23.0 Å². The van der Waals surface area contributed by atoms with Crippen LogP contribution in [-0.2, 0) is 22.6 Å². The van der Waals surface area contributed by atoms with Crippen LogP contribution >= 0.6 is 0 Å². The third-order valence-electron chi connectivity index (χ3n) is 3.92. The molecule has 29 heavy (non-hydrogen) atoms. The molecular formula is C20H19F2N3O4.